The second-order valence-electron chi connectivity index (χ2n) is 18.1. The summed E-state index contributed by atoms with van der Waals surface area (Å²) in [6.07, 6.45) is 23.9. The van der Waals surface area contributed by atoms with Gasteiger partial charge in [0.1, 0.15) is 12.4 Å². The van der Waals surface area contributed by atoms with Gasteiger partial charge in [-0.2, -0.15) is 0 Å². The van der Waals surface area contributed by atoms with Gasteiger partial charge < -0.3 is 36.0 Å². The number of nitrogens with one attached hydrogen (secondary N) is 1. The maximum absolute atomic E-state index is 12.2. The number of aryl methyl sites for hydroxylation is 1. The first kappa shape index (κ1) is 37.9. The number of nitrogens with zero attached hydrogens (tertiary/aromatic N) is 2. The lowest BCUT2D eigenvalue weighted by Crippen LogP contribution is -2.71. The number of rotatable bonds is 10. The molecule has 5 aliphatic carbocycles. The highest BCUT2D eigenvalue weighted by molar-refractivity contribution is 6.34. The third-order valence-corrected chi connectivity index (χ3v) is 15.7. The van der Waals surface area contributed by atoms with Crippen molar-refractivity contribution in [1.29, 1.82) is 0 Å². The fourth-order valence-corrected chi connectivity index (χ4v) is 13.3. The Balaban J connectivity index is 0.917. The Morgan fingerprint density at radius 2 is 1.49 bits per heavy atom. The molecule has 6 aliphatic rings. The molecule has 3 fully saturated rings. The Morgan fingerprint density at radius 1 is 0.746 bits per heavy atom. The number of hydrogen-bond donors (Lipinski definition) is 7. The molecule has 0 saturated heterocycles. The van der Waals surface area contributed by atoms with Crippen LogP contribution >= 0.6 is 0 Å². The van der Waals surface area contributed by atoms with E-state index in [0.29, 0.717) is 65.9 Å². The van der Waals surface area contributed by atoms with Crippen LogP contribution in [0.5, 0.6) is 28.7 Å². The number of phenols is 5. The molecule has 7 atom stereocenters. The number of aromatic hydroxyl groups is 5. The zero-order chi connectivity index (χ0) is 40.5. The third-order valence-electron chi connectivity index (χ3n) is 15.7. The number of hydrogen-bond acceptors (Lipinski definition) is 9. The van der Waals surface area contributed by atoms with Gasteiger partial charge in [0.2, 0.25) is 0 Å². The van der Waals surface area contributed by atoms with E-state index in [4.69, 9.17) is 9.98 Å². The summed E-state index contributed by atoms with van der Waals surface area (Å²) >= 11 is 0. The predicted molar refractivity (Wildman–Crippen MR) is 232 cm³/mol. The zero-order valence-electron chi connectivity index (χ0n) is 33.3. The summed E-state index contributed by atoms with van der Waals surface area (Å²) in [4.78, 5) is 9.84. The first-order valence-electron chi connectivity index (χ1n) is 21.4. The maximum Gasteiger partial charge on any atom is 0.169 e. The topological polar surface area (TPSA) is 158 Å². The average molecular weight is 792 g/mol. The van der Waals surface area contributed by atoms with Crippen LogP contribution < -0.4 is 5.32 Å². The monoisotopic (exact) mass is 791 g/mol. The highest BCUT2D eigenvalue weighted by atomic mass is 16.3. The van der Waals surface area contributed by atoms with Crippen molar-refractivity contribution >= 4 is 34.9 Å². The fraction of sp³-hybridized carbons (Fsp3) is 0.400. The van der Waals surface area contributed by atoms with Crippen LogP contribution in [0.1, 0.15) is 72.8 Å². The molecule has 1 heterocycles. The van der Waals surface area contributed by atoms with Gasteiger partial charge in [-0.3, -0.25) is 9.98 Å². The Kier molecular flexibility index (Phi) is 9.25. The smallest absolute Gasteiger partial charge is 0.169 e. The van der Waals surface area contributed by atoms with Gasteiger partial charge in [-0.05, 0) is 119 Å². The lowest BCUT2D eigenvalue weighted by atomic mass is 9.34. The molecule has 7 unspecified atom stereocenters. The van der Waals surface area contributed by atoms with E-state index < -0.39 is 6.10 Å². The number of aliphatic hydroxyl groups excluding tert-OH is 1. The summed E-state index contributed by atoms with van der Waals surface area (Å²) in [7, 11) is 0. The lowest BCUT2D eigenvalue weighted by molar-refractivity contribution is -0.178. The second kappa shape index (κ2) is 14.4. The number of allylic oxidation sites excluding steroid dienone is 3. The van der Waals surface area contributed by atoms with E-state index in [1.807, 2.05) is 0 Å². The van der Waals surface area contributed by atoms with Crippen molar-refractivity contribution in [3.63, 3.8) is 0 Å². The van der Waals surface area contributed by atoms with Crippen LogP contribution in [0.2, 0.25) is 0 Å². The van der Waals surface area contributed by atoms with E-state index in [9.17, 15) is 30.6 Å². The van der Waals surface area contributed by atoms with E-state index in [2.05, 4.69) is 60.1 Å². The average Bonchev–Trinajstić information content (AvgIpc) is 4.03. The number of aliphatic hydroxyl groups is 1. The normalized spacial score (nSPS) is 29.8. The molecule has 59 heavy (non-hydrogen) atoms. The van der Waals surface area contributed by atoms with Crippen molar-refractivity contribution in [2.75, 3.05) is 13.2 Å². The summed E-state index contributed by atoms with van der Waals surface area (Å²) in [6, 6.07) is 18.0. The van der Waals surface area contributed by atoms with Crippen molar-refractivity contribution in [3.8, 4) is 28.7 Å². The first-order chi connectivity index (χ1) is 28.7. The Hall–Kier alpha value is -5.38. The molecule has 3 saturated carbocycles. The summed E-state index contributed by atoms with van der Waals surface area (Å²) in [6.45, 7) is 1.88. The number of aliphatic imine (C=N–C) groups is 2. The maximum atomic E-state index is 12.2. The van der Waals surface area contributed by atoms with Crippen LogP contribution in [0.25, 0.3) is 22.9 Å². The predicted octanol–water partition coefficient (Wildman–Crippen LogP) is 8.59. The standard InChI is InChI=1S/C50H53N3O6/c54-39-20-12-31(24-42(39)57)11-18-36-37-4-3-5-40(55)44(37)46(59)45(58)38(36)19-10-30-6-8-32(9-7-30)26-51-28-50(43-27-52-29-53-43)47-41(56)21-17-34-14-13-33-15-16-35(25-49(33,34)47)48(50)22-1-2-23-48/h3-9,11-12,15-18,20-21,24,27,33-35,41,47,51,54-59H,1-2,10,13-14,19,22-23,25-26,28-29H2. The zero-order valence-corrected chi connectivity index (χ0v) is 33.3. The second-order valence-corrected chi connectivity index (χ2v) is 18.1. The van der Waals surface area contributed by atoms with Crippen LogP contribution in [0, 0.1) is 39.9 Å². The van der Waals surface area contributed by atoms with Gasteiger partial charge in [-0.15, -0.1) is 0 Å². The first-order valence-corrected chi connectivity index (χ1v) is 21.4. The van der Waals surface area contributed by atoms with Crippen LogP contribution in [0.4, 0.5) is 0 Å². The van der Waals surface area contributed by atoms with Crippen molar-refractivity contribution in [3.05, 3.63) is 113 Å². The minimum absolute atomic E-state index is 0.0110. The van der Waals surface area contributed by atoms with Crippen molar-refractivity contribution in [1.82, 2.24) is 5.32 Å². The van der Waals surface area contributed by atoms with Gasteiger partial charge in [-0.1, -0.05) is 91.8 Å². The van der Waals surface area contributed by atoms with Gasteiger partial charge in [0.25, 0.3) is 0 Å². The largest absolute Gasteiger partial charge is 0.507 e. The molecule has 4 aromatic rings. The molecule has 304 valence electrons. The summed E-state index contributed by atoms with van der Waals surface area (Å²) in [5.41, 5.74) is 4.83. The van der Waals surface area contributed by atoms with Gasteiger partial charge in [0, 0.05) is 36.2 Å². The van der Waals surface area contributed by atoms with E-state index >= 15 is 0 Å². The lowest BCUT2D eigenvalue weighted by Gasteiger charge is -2.70. The van der Waals surface area contributed by atoms with Gasteiger partial charge in [0.15, 0.2) is 23.0 Å². The summed E-state index contributed by atoms with van der Waals surface area (Å²) in [5, 5.41) is 69.9. The van der Waals surface area contributed by atoms with Gasteiger partial charge in [-0.25, -0.2) is 0 Å². The summed E-state index contributed by atoms with van der Waals surface area (Å²) < 4.78 is 0. The molecule has 1 aliphatic heterocycles. The molecule has 10 rings (SSSR count). The third kappa shape index (κ3) is 5.71. The Morgan fingerprint density at radius 3 is 2.24 bits per heavy atom. The van der Waals surface area contributed by atoms with Crippen LogP contribution in [0.3, 0.4) is 0 Å². The number of fused-ring (bicyclic) bond motifs is 3. The van der Waals surface area contributed by atoms with Crippen LogP contribution in [-0.2, 0) is 19.4 Å². The molecule has 0 aromatic heterocycles. The van der Waals surface area contributed by atoms with E-state index in [-0.39, 0.29) is 56.3 Å². The van der Waals surface area contributed by atoms with E-state index in [1.54, 1.807) is 30.4 Å². The highest BCUT2D eigenvalue weighted by Crippen LogP contribution is 2.77. The molecule has 0 radical (unpaired) electrons. The molecule has 7 N–H and O–H groups in total. The Labute approximate surface area is 344 Å². The van der Waals surface area contributed by atoms with Crippen molar-refractivity contribution in [2.45, 2.75) is 70.4 Å². The molecule has 4 aromatic carbocycles. The van der Waals surface area contributed by atoms with Gasteiger partial charge >= 0.3 is 0 Å². The van der Waals surface area contributed by atoms with Crippen LogP contribution in [0.15, 0.2) is 95.0 Å². The molecule has 2 spiro atoms. The van der Waals surface area contributed by atoms with Crippen LogP contribution in [-0.4, -0.2) is 61.9 Å². The minimum Gasteiger partial charge on any atom is -0.507 e. The quantitative estimate of drug-likeness (QED) is 0.0482. The summed E-state index contributed by atoms with van der Waals surface area (Å²) in [5.74, 6) is 0.230. The molecular weight excluding hydrogens is 739 g/mol. The SMILES string of the molecule is Oc1ccc(C=Cc2c(CCc3ccc(CNCC4(C5=NCN=C5)C5C(O)C=CC6CCC7C=CC(CC675)C45CCCC5)cc3)c(O)c(O)c3c(O)cccc23)cc1O. The number of phenolic OH excluding ortho intramolecular Hbond substituents is 5. The Bertz CT molecular complexity index is 2460. The molecule has 9 nitrogen and oxygen atoms in total. The highest BCUT2D eigenvalue weighted by Gasteiger charge is 2.75. The van der Waals surface area contributed by atoms with Crippen molar-refractivity contribution in [2.24, 2.45) is 49.9 Å². The van der Waals surface area contributed by atoms with Crippen molar-refractivity contribution < 1.29 is 30.6 Å². The molecule has 9 heteroatoms. The molecular formula is C50H53N3O6. The number of benzene rings is 4. The van der Waals surface area contributed by atoms with Gasteiger partial charge in [0.05, 0.1) is 17.2 Å². The van der Waals surface area contributed by atoms with E-state index in [0.717, 1.165) is 36.2 Å². The molecule has 0 amide bonds. The van der Waals surface area contributed by atoms with E-state index in [1.165, 1.54) is 50.3 Å². The molecule has 2 bridgehead atoms. The minimum atomic E-state index is -0.526. The fourth-order valence-electron chi connectivity index (χ4n) is 13.3.